The maximum Gasteiger partial charge on any atom is 0.306 e. The molecule has 0 bridgehead atoms. The second-order valence-electron chi connectivity index (χ2n) is 14.6. The number of rotatable bonds is 13. The number of ether oxygens (including phenoxy) is 1. The highest BCUT2D eigenvalue weighted by molar-refractivity contribution is 6.01. The lowest BCUT2D eigenvalue weighted by molar-refractivity contribution is -0.156. The van der Waals surface area contributed by atoms with Gasteiger partial charge >= 0.3 is 5.97 Å². The molecule has 2 aliphatic carbocycles. The average Bonchev–Trinajstić information content (AvgIpc) is 2.97. The highest BCUT2D eigenvalue weighted by Crippen LogP contribution is 2.42. The molecular formula is C44H60O3. The Hall–Kier alpha value is -3.72. The van der Waals surface area contributed by atoms with Crippen molar-refractivity contribution in [1.29, 1.82) is 0 Å². The predicted octanol–water partition coefficient (Wildman–Crippen LogP) is 12.1. The zero-order chi connectivity index (χ0) is 35.2. The van der Waals surface area contributed by atoms with E-state index in [9.17, 15) is 9.59 Å². The van der Waals surface area contributed by atoms with Crippen LogP contribution in [0.5, 0.6) is 0 Å². The number of hydrogen-bond acceptors (Lipinski definition) is 3. The Kier molecular flexibility index (Phi) is 15.6. The van der Waals surface area contributed by atoms with Gasteiger partial charge in [0.15, 0.2) is 11.9 Å². The standard InChI is InChI=1S/C44H60O3/c1-12-18-41(45)47-40-31-44(10,11)39(37(7)42(40)46)29-27-35(5)24-16-22-33(3)20-14-13-19-32(2)21-15-23-34(4)26-28-38-36(6)25-17-30-43(38,8)9/h13-16,19-24,26-29,40H,12,17-18,25,30-31H2,1-11H3/b14-13+,21-15+,22-16+,28-26+,29-27+,32-19+,33-20+,34-23+,35-24+. The van der Waals surface area contributed by atoms with Crippen molar-refractivity contribution in [3.05, 3.63) is 130 Å². The molecule has 2 aliphatic rings. The second kappa shape index (κ2) is 18.6. The molecule has 0 aromatic heterocycles. The van der Waals surface area contributed by atoms with Gasteiger partial charge in [-0.05, 0) is 94.8 Å². The maximum absolute atomic E-state index is 12.9. The van der Waals surface area contributed by atoms with Gasteiger partial charge in [-0.2, -0.15) is 0 Å². The molecule has 3 heteroatoms. The molecule has 47 heavy (non-hydrogen) atoms. The van der Waals surface area contributed by atoms with Crippen molar-refractivity contribution in [2.24, 2.45) is 10.8 Å². The Labute approximate surface area is 286 Å². The highest BCUT2D eigenvalue weighted by Gasteiger charge is 2.39. The van der Waals surface area contributed by atoms with E-state index in [1.54, 1.807) is 0 Å². The topological polar surface area (TPSA) is 43.4 Å². The number of carbonyl (C=O) groups is 2. The number of hydrogen-bond donors (Lipinski definition) is 0. The average molecular weight is 637 g/mol. The first kappa shape index (κ1) is 39.5. The molecule has 0 saturated carbocycles. The van der Waals surface area contributed by atoms with Gasteiger partial charge in [0, 0.05) is 12.8 Å². The molecule has 0 aliphatic heterocycles. The molecule has 1 unspecified atom stereocenters. The Morgan fingerprint density at radius 3 is 1.74 bits per heavy atom. The van der Waals surface area contributed by atoms with E-state index in [1.165, 1.54) is 41.6 Å². The van der Waals surface area contributed by atoms with E-state index in [0.717, 1.165) is 16.7 Å². The molecular weight excluding hydrogens is 576 g/mol. The van der Waals surface area contributed by atoms with Gasteiger partial charge in [-0.3, -0.25) is 9.59 Å². The van der Waals surface area contributed by atoms with Crippen molar-refractivity contribution < 1.29 is 14.3 Å². The molecule has 2 rings (SSSR count). The van der Waals surface area contributed by atoms with Crippen LogP contribution in [-0.4, -0.2) is 17.9 Å². The monoisotopic (exact) mass is 636 g/mol. The number of allylic oxidation sites excluding steroid dienone is 21. The van der Waals surface area contributed by atoms with Crippen LogP contribution >= 0.6 is 0 Å². The Morgan fingerprint density at radius 1 is 0.745 bits per heavy atom. The van der Waals surface area contributed by atoms with E-state index in [1.807, 2.05) is 39.0 Å². The minimum absolute atomic E-state index is 0.0909. The summed E-state index contributed by atoms with van der Waals surface area (Å²) in [7, 11) is 0. The minimum atomic E-state index is -0.694. The molecule has 0 fully saturated rings. The van der Waals surface area contributed by atoms with Crippen molar-refractivity contribution in [1.82, 2.24) is 0 Å². The fourth-order valence-electron chi connectivity index (χ4n) is 6.20. The van der Waals surface area contributed by atoms with Gasteiger partial charge in [-0.15, -0.1) is 0 Å². The SMILES string of the molecule is CCCC(=O)OC1CC(C)(C)C(/C=C/C(C)=C/C=C/C(C)=C/C=C/C=C(C)/C=C/C=C(C)/C=C/C2=C(C)CCCC2(C)C)=C(C)C1=O. The summed E-state index contributed by atoms with van der Waals surface area (Å²) in [4.78, 5) is 25.0. The van der Waals surface area contributed by atoms with E-state index >= 15 is 0 Å². The van der Waals surface area contributed by atoms with Gasteiger partial charge in [-0.1, -0.05) is 148 Å². The molecule has 0 aromatic rings. The minimum Gasteiger partial charge on any atom is -0.454 e. The van der Waals surface area contributed by atoms with Crippen LogP contribution in [0.3, 0.4) is 0 Å². The zero-order valence-electron chi connectivity index (χ0n) is 31.1. The van der Waals surface area contributed by atoms with Crippen molar-refractivity contribution in [2.45, 2.75) is 121 Å². The zero-order valence-corrected chi connectivity index (χ0v) is 31.1. The van der Waals surface area contributed by atoms with Crippen molar-refractivity contribution >= 4 is 11.8 Å². The molecule has 3 nitrogen and oxygen atoms in total. The van der Waals surface area contributed by atoms with Crippen LogP contribution in [0.2, 0.25) is 0 Å². The fraction of sp³-hybridized carbons (Fsp3) is 0.455. The molecule has 0 aromatic carbocycles. The quantitative estimate of drug-likeness (QED) is 0.149. The number of carbonyl (C=O) groups excluding carboxylic acids is 2. The molecule has 254 valence electrons. The first-order valence-electron chi connectivity index (χ1n) is 17.3. The van der Waals surface area contributed by atoms with E-state index < -0.39 is 6.10 Å². The molecule has 0 heterocycles. The lowest BCUT2D eigenvalue weighted by Crippen LogP contribution is -2.38. The highest BCUT2D eigenvalue weighted by atomic mass is 16.5. The van der Waals surface area contributed by atoms with Crippen molar-refractivity contribution in [2.75, 3.05) is 0 Å². The van der Waals surface area contributed by atoms with E-state index in [-0.39, 0.29) is 22.6 Å². The molecule has 0 spiro atoms. The van der Waals surface area contributed by atoms with Crippen LogP contribution in [0.1, 0.15) is 115 Å². The molecule has 0 N–H and O–H groups in total. The van der Waals surface area contributed by atoms with Crippen LogP contribution in [0.25, 0.3) is 0 Å². The first-order chi connectivity index (χ1) is 22.1. The summed E-state index contributed by atoms with van der Waals surface area (Å²) < 4.78 is 5.51. The van der Waals surface area contributed by atoms with Crippen LogP contribution in [-0.2, 0) is 14.3 Å². The van der Waals surface area contributed by atoms with Crippen LogP contribution < -0.4 is 0 Å². The lowest BCUT2D eigenvalue weighted by Gasteiger charge is -2.36. The Bertz CT molecular complexity index is 1480. The number of esters is 1. The van der Waals surface area contributed by atoms with Crippen LogP contribution in [0.15, 0.2) is 130 Å². The van der Waals surface area contributed by atoms with Gasteiger partial charge in [0.05, 0.1) is 0 Å². The van der Waals surface area contributed by atoms with E-state index in [4.69, 9.17) is 4.74 Å². The summed E-state index contributed by atoms with van der Waals surface area (Å²) in [5, 5.41) is 0. The molecule has 0 amide bonds. The summed E-state index contributed by atoms with van der Waals surface area (Å²) in [5.74, 6) is -0.390. The third-order valence-electron chi connectivity index (χ3n) is 9.05. The van der Waals surface area contributed by atoms with Gasteiger partial charge in [0.2, 0.25) is 0 Å². The number of ketones is 1. The summed E-state index contributed by atoms with van der Waals surface area (Å²) in [6.07, 6.45) is 34.2. The molecule has 0 radical (unpaired) electrons. The normalized spacial score (nSPS) is 21.9. The van der Waals surface area contributed by atoms with Crippen molar-refractivity contribution in [3.63, 3.8) is 0 Å². The maximum atomic E-state index is 12.9. The van der Waals surface area contributed by atoms with E-state index in [2.05, 4.69) is 122 Å². The summed E-state index contributed by atoms with van der Waals surface area (Å²) in [6.45, 7) is 23.4. The van der Waals surface area contributed by atoms with E-state index in [0.29, 0.717) is 24.8 Å². The lowest BCUT2D eigenvalue weighted by atomic mass is 9.71. The first-order valence-corrected chi connectivity index (χ1v) is 17.3. The Balaban J connectivity index is 1.95. The summed E-state index contributed by atoms with van der Waals surface area (Å²) >= 11 is 0. The largest absolute Gasteiger partial charge is 0.454 e. The Morgan fingerprint density at radius 2 is 1.23 bits per heavy atom. The third-order valence-corrected chi connectivity index (χ3v) is 9.05. The van der Waals surface area contributed by atoms with Gasteiger partial charge in [-0.25, -0.2) is 0 Å². The molecule has 1 atom stereocenters. The third kappa shape index (κ3) is 13.1. The summed E-state index contributed by atoms with van der Waals surface area (Å²) in [5.41, 5.74) is 9.36. The summed E-state index contributed by atoms with van der Waals surface area (Å²) in [6, 6.07) is 0. The number of Topliss-reactive ketones (excluding diaryl/α,β-unsaturated/α-hetero) is 1. The second-order valence-corrected chi connectivity index (χ2v) is 14.6. The van der Waals surface area contributed by atoms with Gasteiger partial charge in [0.25, 0.3) is 0 Å². The van der Waals surface area contributed by atoms with Crippen LogP contribution in [0, 0.1) is 10.8 Å². The van der Waals surface area contributed by atoms with Crippen molar-refractivity contribution in [3.8, 4) is 0 Å². The smallest absolute Gasteiger partial charge is 0.306 e. The van der Waals surface area contributed by atoms with Gasteiger partial charge < -0.3 is 4.74 Å². The molecule has 0 saturated heterocycles. The predicted molar refractivity (Wildman–Crippen MR) is 202 cm³/mol. The van der Waals surface area contributed by atoms with Gasteiger partial charge in [0.1, 0.15) is 0 Å². The fourth-order valence-corrected chi connectivity index (χ4v) is 6.20. The van der Waals surface area contributed by atoms with Crippen LogP contribution in [0.4, 0.5) is 0 Å².